The Morgan fingerprint density at radius 1 is 1.42 bits per heavy atom. The van der Waals surface area contributed by atoms with Gasteiger partial charge in [0.15, 0.2) is 0 Å². The van der Waals surface area contributed by atoms with Crippen LogP contribution < -0.4 is 5.73 Å². The molecular weight excluding hydrogens is 146 g/mol. The van der Waals surface area contributed by atoms with E-state index in [4.69, 9.17) is 5.73 Å². The van der Waals surface area contributed by atoms with Crippen molar-refractivity contribution in [1.82, 2.24) is 0 Å². The summed E-state index contributed by atoms with van der Waals surface area (Å²) >= 11 is 0. The van der Waals surface area contributed by atoms with Crippen molar-refractivity contribution in [1.29, 1.82) is 0 Å². The Morgan fingerprint density at radius 3 is 2.92 bits per heavy atom. The molecule has 0 bridgehead atoms. The third-order valence-electron chi connectivity index (χ3n) is 1.79. The van der Waals surface area contributed by atoms with Crippen LogP contribution in [0, 0.1) is 0 Å². The first kappa shape index (κ1) is 8.85. The molecule has 1 heteroatoms. The highest BCUT2D eigenvalue weighted by Crippen LogP contribution is 2.08. The van der Waals surface area contributed by atoms with Crippen molar-refractivity contribution in [3.8, 4) is 0 Å². The predicted octanol–water partition coefficient (Wildman–Crippen LogP) is 2.78. The number of anilines is 1. The molecule has 0 amide bonds. The van der Waals surface area contributed by atoms with Crippen LogP contribution in [0.1, 0.15) is 18.9 Å². The third-order valence-corrected chi connectivity index (χ3v) is 1.79. The number of hydrogen-bond donors (Lipinski definition) is 1. The third kappa shape index (κ3) is 2.79. The predicted molar refractivity (Wildman–Crippen MR) is 54.0 cm³/mol. The first-order valence-electron chi connectivity index (χ1n) is 4.28. The minimum absolute atomic E-state index is 0.855. The van der Waals surface area contributed by atoms with Crippen molar-refractivity contribution in [3.05, 3.63) is 42.0 Å². The fourth-order valence-electron chi connectivity index (χ4n) is 1.17. The standard InChI is InChI=1S/C11H15N/c1-2-3-4-6-10-7-5-8-11(12)9-10/h2-3,5,7-9H,4,6,12H2,1H3/b3-2+. The molecule has 0 aliphatic carbocycles. The van der Waals surface area contributed by atoms with Gasteiger partial charge in [-0.25, -0.2) is 0 Å². The van der Waals surface area contributed by atoms with Crippen LogP contribution in [0.2, 0.25) is 0 Å². The molecule has 2 N–H and O–H groups in total. The van der Waals surface area contributed by atoms with E-state index in [-0.39, 0.29) is 0 Å². The lowest BCUT2D eigenvalue weighted by atomic mass is 10.1. The molecule has 0 aromatic heterocycles. The number of nitrogen functional groups attached to an aromatic ring is 1. The molecule has 0 saturated carbocycles. The van der Waals surface area contributed by atoms with E-state index in [9.17, 15) is 0 Å². The van der Waals surface area contributed by atoms with E-state index in [1.165, 1.54) is 5.56 Å². The molecule has 0 atom stereocenters. The Hall–Kier alpha value is -1.24. The van der Waals surface area contributed by atoms with Crippen molar-refractivity contribution >= 4 is 5.69 Å². The normalized spacial score (nSPS) is 10.8. The summed E-state index contributed by atoms with van der Waals surface area (Å²) in [7, 11) is 0. The molecule has 0 aliphatic rings. The largest absolute Gasteiger partial charge is 0.399 e. The minimum Gasteiger partial charge on any atom is -0.399 e. The van der Waals surface area contributed by atoms with Crippen molar-refractivity contribution in [2.75, 3.05) is 5.73 Å². The lowest BCUT2D eigenvalue weighted by molar-refractivity contribution is 1.00. The molecule has 1 aromatic rings. The highest BCUT2D eigenvalue weighted by molar-refractivity contribution is 5.40. The number of hydrogen-bond acceptors (Lipinski definition) is 1. The first-order valence-corrected chi connectivity index (χ1v) is 4.28. The zero-order valence-corrected chi connectivity index (χ0v) is 7.46. The van der Waals surface area contributed by atoms with Crippen LogP contribution in [0.4, 0.5) is 5.69 Å². The molecule has 0 radical (unpaired) electrons. The number of rotatable bonds is 3. The molecule has 0 saturated heterocycles. The van der Waals surface area contributed by atoms with Gasteiger partial charge in [-0.15, -0.1) is 0 Å². The Morgan fingerprint density at radius 2 is 2.25 bits per heavy atom. The van der Waals surface area contributed by atoms with Gasteiger partial charge >= 0.3 is 0 Å². The number of benzene rings is 1. The van der Waals surface area contributed by atoms with Crippen LogP contribution in [0.25, 0.3) is 0 Å². The second-order valence-electron chi connectivity index (χ2n) is 2.85. The highest BCUT2D eigenvalue weighted by Gasteiger charge is 1.90. The molecule has 0 unspecified atom stereocenters. The lowest BCUT2D eigenvalue weighted by Gasteiger charge is -1.98. The van der Waals surface area contributed by atoms with E-state index in [1.54, 1.807) is 0 Å². The first-order chi connectivity index (χ1) is 5.83. The topological polar surface area (TPSA) is 26.0 Å². The average Bonchev–Trinajstić information content (AvgIpc) is 2.05. The zero-order chi connectivity index (χ0) is 8.81. The summed E-state index contributed by atoms with van der Waals surface area (Å²) in [5, 5.41) is 0. The van der Waals surface area contributed by atoms with Gasteiger partial charge in [-0.3, -0.25) is 0 Å². The van der Waals surface area contributed by atoms with Gasteiger partial charge in [0.05, 0.1) is 0 Å². The Balaban J connectivity index is 2.52. The quantitative estimate of drug-likeness (QED) is 0.535. The molecule has 0 spiro atoms. The van der Waals surface area contributed by atoms with E-state index in [2.05, 4.69) is 18.2 Å². The number of allylic oxidation sites excluding steroid dienone is 2. The van der Waals surface area contributed by atoms with Crippen molar-refractivity contribution in [2.45, 2.75) is 19.8 Å². The molecule has 1 nitrogen and oxygen atoms in total. The Bertz CT molecular complexity index is 263. The average molecular weight is 161 g/mol. The van der Waals surface area contributed by atoms with E-state index in [1.807, 2.05) is 25.1 Å². The summed E-state index contributed by atoms with van der Waals surface area (Å²) in [6.07, 6.45) is 6.42. The van der Waals surface area contributed by atoms with Crippen molar-refractivity contribution < 1.29 is 0 Å². The Kier molecular flexibility index (Phi) is 3.39. The molecule has 1 aromatic carbocycles. The van der Waals surface area contributed by atoms with Crippen LogP contribution >= 0.6 is 0 Å². The van der Waals surface area contributed by atoms with E-state index < -0.39 is 0 Å². The van der Waals surface area contributed by atoms with E-state index in [0.29, 0.717) is 0 Å². The van der Waals surface area contributed by atoms with Gasteiger partial charge in [0, 0.05) is 5.69 Å². The van der Waals surface area contributed by atoms with Gasteiger partial charge in [-0.1, -0.05) is 24.3 Å². The Labute approximate surface area is 73.9 Å². The summed E-state index contributed by atoms with van der Waals surface area (Å²) in [5.74, 6) is 0. The molecule has 12 heavy (non-hydrogen) atoms. The summed E-state index contributed by atoms with van der Waals surface area (Å²) < 4.78 is 0. The molecule has 0 aliphatic heterocycles. The summed E-state index contributed by atoms with van der Waals surface area (Å²) in [6.45, 7) is 2.04. The maximum absolute atomic E-state index is 5.64. The van der Waals surface area contributed by atoms with Crippen LogP contribution in [-0.4, -0.2) is 0 Å². The maximum Gasteiger partial charge on any atom is 0.0316 e. The number of nitrogens with two attached hydrogens (primary N) is 1. The van der Waals surface area contributed by atoms with Crippen LogP contribution in [0.15, 0.2) is 36.4 Å². The molecule has 0 fully saturated rings. The van der Waals surface area contributed by atoms with Gasteiger partial charge in [-0.2, -0.15) is 0 Å². The second kappa shape index (κ2) is 4.60. The number of aryl methyl sites for hydroxylation is 1. The molecule has 1 rings (SSSR count). The lowest BCUT2D eigenvalue weighted by Crippen LogP contribution is -1.87. The fourth-order valence-corrected chi connectivity index (χ4v) is 1.17. The maximum atomic E-state index is 5.64. The van der Waals surface area contributed by atoms with Crippen LogP contribution in [0.3, 0.4) is 0 Å². The highest BCUT2D eigenvalue weighted by atomic mass is 14.5. The van der Waals surface area contributed by atoms with Crippen molar-refractivity contribution in [2.24, 2.45) is 0 Å². The summed E-state index contributed by atoms with van der Waals surface area (Å²) in [5.41, 5.74) is 7.81. The van der Waals surface area contributed by atoms with Gasteiger partial charge in [0.2, 0.25) is 0 Å². The second-order valence-corrected chi connectivity index (χ2v) is 2.85. The van der Waals surface area contributed by atoms with Crippen LogP contribution in [-0.2, 0) is 6.42 Å². The van der Waals surface area contributed by atoms with Gasteiger partial charge in [0.25, 0.3) is 0 Å². The van der Waals surface area contributed by atoms with E-state index >= 15 is 0 Å². The van der Waals surface area contributed by atoms with Gasteiger partial charge in [-0.05, 0) is 37.5 Å². The monoisotopic (exact) mass is 161 g/mol. The van der Waals surface area contributed by atoms with E-state index in [0.717, 1.165) is 18.5 Å². The molecular formula is C11H15N. The molecule has 0 heterocycles. The van der Waals surface area contributed by atoms with Gasteiger partial charge < -0.3 is 5.73 Å². The smallest absolute Gasteiger partial charge is 0.0316 e. The minimum atomic E-state index is 0.855. The molecule has 64 valence electrons. The summed E-state index contributed by atoms with van der Waals surface area (Å²) in [4.78, 5) is 0. The fraction of sp³-hybridized carbons (Fsp3) is 0.273. The van der Waals surface area contributed by atoms with Crippen LogP contribution in [0.5, 0.6) is 0 Å². The SMILES string of the molecule is C/C=C/CCc1cccc(N)c1. The summed E-state index contributed by atoms with van der Waals surface area (Å²) in [6, 6.07) is 8.06. The zero-order valence-electron chi connectivity index (χ0n) is 7.46. The van der Waals surface area contributed by atoms with Gasteiger partial charge in [0.1, 0.15) is 0 Å². The van der Waals surface area contributed by atoms with Crippen molar-refractivity contribution in [3.63, 3.8) is 0 Å².